The van der Waals surface area contributed by atoms with Gasteiger partial charge in [0.05, 0.1) is 0 Å². The molecule has 0 heterocycles. The van der Waals surface area contributed by atoms with Crippen molar-refractivity contribution in [3.05, 3.63) is 29.8 Å². The second-order valence-corrected chi connectivity index (χ2v) is 5.04. The smallest absolute Gasteiger partial charge is 0.220 e. The minimum atomic E-state index is -0.155. The second kappa shape index (κ2) is 5.01. The van der Waals surface area contributed by atoms with Crippen molar-refractivity contribution in [3.63, 3.8) is 0 Å². The van der Waals surface area contributed by atoms with Crippen LogP contribution in [0.4, 0.5) is 5.69 Å². The molecule has 0 fully saturated rings. The molecule has 0 bridgehead atoms. The normalized spacial score (nSPS) is 11.2. The van der Waals surface area contributed by atoms with E-state index < -0.39 is 0 Å². The number of amides is 1. The number of nitrogens with two attached hydrogens (primary N) is 1. The van der Waals surface area contributed by atoms with Gasteiger partial charge in [-0.15, -0.1) is 0 Å². The maximum atomic E-state index is 11.6. The fourth-order valence-corrected chi connectivity index (χ4v) is 1.42. The van der Waals surface area contributed by atoms with Gasteiger partial charge >= 0.3 is 0 Å². The molecule has 1 rings (SSSR count). The number of nitrogen functional groups attached to an aromatic ring is 1. The molecular formula is C13H20N2O. The summed E-state index contributed by atoms with van der Waals surface area (Å²) in [7, 11) is 0. The minimum absolute atomic E-state index is 0.0873. The molecule has 0 aliphatic rings. The highest BCUT2D eigenvalue weighted by Crippen LogP contribution is 2.08. The lowest BCUT2D eigenvalue weighted by Gasteiger charge is -2.20. The Hall–Kier alpha value is -1.51. The van der Waals surface area contributed by atoms with Crippen molar-refractivity contribution in [2.45, 2.75) is 39.2 Å². The van der Waals surface area contributed by atoms with Crippen LogP contribution >= 0.6 is 0 Å². The molecule has 0 aliphatic carbocycles. The molecule has 0 aliphatic heterocycles. The summed E-state index contributed by atoms with van der Waals surface area (Å²) in [5.74, 6) is 0.0873. The largest absolute Gasteiger partial charge is 0.399 e. The Balaban J connectivity index is 2.40. The van der Waals surface area contributed by atoms with Crippen LogP contribution in [0, 0.1) is 0 Å². The summed E-state index contributed by atoms with van der Waals surface area (Å²) in [6.45, 7) is 5.94. The fraction of sp³-hybridized carbons (Fsp3) is 0.462. The Morgan fingerprint density at radius 3 is 2.31 bits per heavy atom. The van der Waals surface area contributed by atoms with Gasteiger partial charge in [-0.25, -0.2) is 0 Å². The molecule has 1 aromatic carbocycles. The minimum Gasteiger partial charge on any atom is -0.399 e. The number of carbonyl (C=O) groups is 1. The van der Waals surface area contributed by atoms with Gasteiger partial charge in [0.15, 0.2) is 0 Å². The Bertz CT molecular complexity index is 349. The molecule has 0 aromatic heterocycles. The summed E-state index contributed by atoms with van der Waals surface area (Å²) in [4.78, 5) is 11.6. The first kappa shape index (κ1) is 12.6. The summed E-state index contributed by atoms with van der Waals surface area (Å²) >= 11 is 0. The van der Waals surface area contributed by atoms with Crippen LogP contribution in [0.1, 0.15) is 32.8 Å². The van der Waals surface area contributed by atoms with E-state index in [-0.39, 0.29) is 11.4 Å². The van der Waals surface area contributed by atoms with Crippen molar-refractivity contribution < 1.29 is 4.79 Å². The van der Waals surface area contributed by atoms with E-state index in [2.05, 4.69) is 5.32 Å². The molecule has 3 heteroatoms. The summed E-state index contributed by atoms with van der Waals surface area (Å²) in [6.07, 6.45) is 1.27. The highest BCUT2D eigenvalue weighted by Gasteiger charge is 2.13. The van der Waals surface area contributed by atoms with Gasteiger partial charge in [0, 0.05) is 17.6 Å². The zero-order valence-corrected chi connectivity index (χ0v) is 10.2. The highest BCUT2D eigenvalue weighted by molar-refractivity contribution is 5.76. The van der Waals surface area contributed by atoms with Crippen LogP contribution in [0.15, 0.2) is 24.3 Å². The van der Waals surface area contributed by atoms with Crippen LogP contribution in [0.2, 0.25) is 0 Å². The Kier molecular flexibility index (Phi) is 3.93. The standard InChI is InChI=1S/C13H20N2O/c1-13(2,3)15-12(16)9-6-10-4-7-11(14)8-5-10/h4-5,7-8H,6,9,14H2,1-3H3,(H,15,16). The number of anilines is 1. The van der Waals surface area contributed by atoms with E-state index in [0.717, 1.165) is 17.7 Å². The molecule has 3 N–H and O–H groups in total. The van der Waals surface area contributed by atoms with Gasteiger partial charge in [-0.2, -0.15) is 0 Å². The van der Waals surface area contributed by atoms with Gasteiger partial charge < -0.3 is 11.1 Å². The van der Waals surface area contributed by atoms with Gasteiger partial charge in [0.25, 0.3) is 0 Å². The number of aryl methyl sites for hydroxylation is 1. The van der Waals surface area contributed by atoms with Gasteiger partial charge in [-0.05, 0) is 44.9 Å². The summed E-state index contributed by atoms with van der Waals surface area (Å²) in [5, 5.41) is 2.94. The van der Waals surface area contributed by atoms with Crippen molar-refractivity contribution in [2.24, 2.45) is 0 Å². The lowest BCUT2D eigenvalue weighted by Crippen LogP contribution is -2.40. The highest BCUT2D eigenvalue weighted by atomic mass is 16.1. The molecule has 88 valence electrons. The topological polar surface area (TPSA) is 55.1 Å². The van der Waals surface area contributed by atoms with Gasteiger partial charge in [0.2, 0.25) is 5.91 Å². The van der Waals surface area contributed by atoms with Crippen LogP contribution in [0.5, 0.6) is 0 Å². The van der Waals surface area contributed by atoms with Crippen LogP contribution < -0.4 is 11.1 Å². The van der Waals surface area contributed by atoms with Crippen molar-refractivity contribution >= 4 is 11.6 Å². The van der Waals surface area contributed by atoms with Crippen molar-refractivity contribution in [1.82, 2.24) is 5.32 Å². The summed E-state index contributed by atoms with van der Waals surface area (Å²) in [6, 6.07) is 7.63. The molecule has 0 atom stereocenters. The Labute approximate surface area is 97.0 Å². The quantitative estimate of drug-likeness (QED) is 0.767. The van der Waals surface area contributed by atoms with E-state index in [1.54, 1.807) is 0 Å². The third kappa shape index (κ3) is 4.82. The molecule has 0 unspecified atom stereocenters. The monoisotopic (exact) mass is 220 g/mol. The first-order valence-corrected chi connectivity index (χ1v) is 5.52. The van der Waals surface area contributed by atoms with Crippen LogP contribution in [-0.4, -0.2) is 11.4 Å². The molecule has 1 amide bonds. The maximum Gasteiger partial charge on any atom is 0.220 e. The molecule has 0 spiro atoms. The molecule has 3 nitrogen and oxygen atoms in total. The number of nitrogens with one attached hydrogen (secondary N) is 1. The second-order valence-electron chi connectivity index (χ2n) is 5.04. The summed E-state index contributed by atoms with van der Waals surface area (Å²) in [5.41, 5.74) is 7.32. The molecule has 16 heavy (non-hydrogen) atoms. The number of carbonyl (C=O) groups excluding carboxylic acids is 1. The number of rotatable bonds is 3. The van der Waals surface area contributed by atoms with Gasteiger partial charge in [-0.1, -0.05) is 12.1 Å². The third-order valence-corrected chi connectivity index (χ3v) is 2.13. The summed E-state index contributed by atoms with van der Waals surface area (Å²) < 4.78 is 0. The van der Waals surface area contributed by atoms with E-state index in [1.807, 2.05) is 45.0 Å². The van der Waals surface area contributed by atoms with Crippen molar-refractivity contribution in [2.75, 3.05) is 5.73 Å². The van der Waals surface area contributed by atoms with E-state index in [4.69, 9.17) is 5.73 Å². The molecule has 1 aromatic rings. The average Bonchev–Trinajstić information content (AvgIpc) is 2.14. The lowest BCUT2D eigenvalue weighted by molar-refractivity contribution is -0.122. The van der Waals surface area contributed by atoms with Crippen molar-refractivity contribution in [1.29, 1.82) is 0 Å². The van der Waals surface area contributed by atoms with Crippen LogP contribution in [-0.2, 0) is 11.2 Å². The van der Waals surface area contributed by atoms with E-state index in [1.165, 1.54) is 0 Å². The predicted octanol–water partition coefficient (Wildman–Crippen LogP) is 2.12. The average molecular weight is 220 g/mol. The van der Waals surface area contributed by atoms with Crippen LogP contribution in [0.3, 0.4) is 0 Å². The number of hydrogen-bond acceptors (Lipinski definition) is 2. The SMILES string of the molecule is CC(C)(C)NC(=O)CCc1ccc(N)cc1. The van der Waals surface area contributed by atoms with E-state index in [9.17, 15) is 4.79 Å². The van der Waals surface area contributed by atoms with Crippen LogP contribution in [0.25, 0.3) is 0 Å². The van der Waals surface area contributed by atoms with Gasteiger partial charge in [0.1, 0.15) is 0 Å². The van der Waals surface area contributed by atoms with Crippen molar-refractivity contribution in [3.8, 4) is 0 Å². The Morgan fingerprint density at radius 1 is 1.25 bits per heavy atom. The number of benzene rings is 1. The zero-order valence-electron chi connectivity index (χ0n) is 10.2. The molecule has 0 radical (unpaired) electrons. The fourth-order valence-electron chi connectivity index (χ4n) is 1.42. The Morgan fingerprint density at radius 2 is 1.81 bits per heavy atom. The molecule has 0 saturated heterocycles. The third-order valence-electron chi connectivity index (χ3n) is 2.13. The first-order valence-electron chi connectivity index (χ1n) is 5.52. The zero-order chi connectivity index (χ0) is 12.2. The first-order chi connectivity index (χ1) is 7.37. The van der Waals surface area contributed by atoms with E-state index in [0.29, 0.717) is 6.42 Å². The van der Waals surface area contributed by atoms with Gasteiger partial charge in [-0.3, -0.25) is 4.79 Å². The van der Waals surface area contributed by atoms with E-state index >= 15 is 0 Å². The maximum absolute atomic E-state index is 11.6. The lowest BCUT2D eigenvalue weighted by atomic mass is 10.1. The molecular weight excluding hydrogens is 200 g/mol. The molecule has 0 saturated carbocycles. The number of hydrogen-bond donors (Lipinski definition) is 2. The predicted molar refractivity (Wildman–Crippen MR) is 67.1 cm³/mol.